The van der Waals surface area contributed by atoms with E-state index in [4.69, 9.17) is 13.6 Å². The molecular weight excluding hydrogens is 468 g/mol. The third-order valence-electron chi connectivity index (χ3n) is 8.04. The lowest BCUT2D eigenvalue weighted by Gasteiger charge is -2.40. The Kier molecular flexibility index (Phi) is 19.4. The van der Waals surface area contributed by atoms with Crippen molar-refractivity contribution < 1.29 is 18.4 Å². The van der Waals surface area contributed by atoms with Crippen molar-refractivity contribution in [1.29, 1.82) is 0 Å². The molecule has 0 rings (SSSR count). The number of ether oxygens (including phenoxy) is 1. The minimum atomic E-state index is -1.86. The monoisotopic (exact) mass is 528 g/mol. The predicted octanol–water partition coefficient (Wildman–Crippen LogP) is 9.42. The lowest BCUT2D eigenvalue weighted by Crippen LogP contribution is -2.49. The third-order valence-corrected chi connectivity index (χ3v) is 17.3. The van der Waals surface area contributed by atoms with Crippen LogP contribution in [0.15, 0.2) is 12.2 Å². The molecular formula is C29H60O4Si2. The van der Waals surface area contributed by atoms with E-state index < -0.39 is 16.6 Å². The molecule has 0 bridgehead atoms. The number of unbranched alkanes of at least 4 members (excludes halogenated alkanes) is 4. The summed E-state index contributed by atoms with van der Waals surface area (Å²) in [4.78, 5) is 11.8. The standard InChI is InChI=1S/C29H60O4Si2/c1-10-18-20-22-27(31-26(9)30)24-25-29(33-35(15-6,16-7)17-8)28(23-21-19-11-2)32-34(12-3,13-4)14-5/h24-25,27-29H,10-23H2,1-9H3/b25-24+/t27-,28-,29-/m1/s1. The van der Waals surface area contributed by atoms with Crippen LogP contribution in [-0.4, -0.2) is 40.9 Å². The van der Waals surface area contributed by atoms with Gasteiger partial charge in [-0.2, -0.15) is 0 Å². The smallest absolute Gasteiger partial charge is 0.303 e. The van der Waals surface area contributed by atoms with E-state index in [-0.39, 0.29) is 24.3 Å². The fourth-order valence-electron chi connectivity index (χ4n) is 4.97. The summed E-state index contributed by atoms with van der Waals surface area (Å²) in [5, 5.41) is 0. The van der Waals surface area contributed by atoms with E-state index in [9.17, 15) is 4.79 Å². The van der Waals surface area contributed by atoms with Crippen LogP contribution in [0.25, 0.3) is 0 Å². The summed E-state index contributed by atoms with van der Waals surface area (Å²) in [5.41, 5.74) is 0. The third kappa shape index (κ3) is 13.1. The Morgan fingerprint density at radius 1 is 0.657 bits per heavy atom. The Labute approximate surface area is 221 Å². The van der Waals surface area contributed by atoms with Crippen molar-refractivity contribution in [2.75, 3.05) is 0 Å². The Morgan fingerprint density at radius 3 is 1.54 bits per heavy atom. The molecule has 0 saturated heterocycles. The molecule has 0 aliphatic carbocycles. The minimum Gasteiger partial charge on any atom is -0.458 e. The highest BCUT2D eigenvalue weighted by Crippen LogP contribution is 2.31. The maximum absolute atomic E-state index is 11.8. The Bertz CT molecular complexity index is 542. The van der Waals surface area contributed by atoms with Gasteiger partial charge in [-0.05, 0) is 61.6 Å². The molecule has 0 radical (unpaired) electrons. The highest BCUT2D eigenvalue weighted by atomic mass is 28.4. The molecule has 208 valence electrons. The fraction of sp³-hybridized carbons (Fsp3) is 0.897. The zero-order valence-corrected chi connectivity index (χ0v) is 26.9. The molecule has 0 N–H and O–H groups in total. The quantitative estimate of drug-likeness (QED) is 0.0607. The van der Waals surface area contributed by atoms with E-state index in [1.807, 2.05) is 0 Å². The van der Waals surface area contributed by atoms with Crippen LogP contribution >= 0.6 is 0 Å². The molecule has 0 spiro atoms. The van der Waals surface area contributed by atoms with Gasteiger partial charge in [-0.3, -0.25) is 4.79 Å². The van der Waals surface area contributed by atoms with Gasteiger partial charge in [0.05, 0.1) is 12.2 Å². The molecule has 6 heteroatoms. The lowest BCUT2D eigenvalue weighted by molar-refractivity contribution is -0.144. The first kappa shape index (κ1) is 34.6. The Morgan fingerprint density at radius 2 is 1.11 bits per heavy atom. The van der Waals surface area contributed by atoms with Gasteiger partial charge in [0.25, 0.3) is 0 Å². The lowest BCUT2D eigenvalue weighted by atomic mass is 10.0. The number of hydrogen-bond acceptors (Lipinski definition) is 4. The van der Waals surface area contributed by atoms with E-state index in [2.05, 4.69) is 67.5 Å². The van der Waals surface area contributed by atoms with Crippen LogP contribution in [0.3, 0.4) is 0 Å². The summed E-state index contributed by atoms with van der Waals surface area (Å²) in [5.74, 6) is -0.210. The van der Waals surface area contributed by atoms with Gasteiger partial charge >= 0.3 is 5.97 Å². The van der Waals surface area contributed by atoms with Crippen LogP contribution in [-0.2, 0) is 18.4 Å². The summed E-state index contributed by atoms with van der Waals surface area (Å²) < 4.78 is 20.0. The molecule has 0 aliphatic rings. The molecule has 0 unspecified atom stereocenters. The molecule has 0 aliphatic heterocycles. The molecule has 0 aromatic heterocycles. The SMILES string of the molecule is CCCCC[C@H](/C=C/[C@@H](O[Si](CC)(CC)CC)[C@@H](CCCCC)O[Si](CC)(CC)CC)OC(C)=O. The second-order valence-electron chi connectivity index (χ2n) is 10.3. The van der Waals surface area contributed by atoms with Crippen LogP contribution in [0, 0.1) is 0 Å². The second kappa shape index (κ2) is 19.6. The second-order valence-corrected chi connectivity index (χ2v) is 19.7. The van der Waals surface area contributed by atoms with Gasteiger partial charge in [0.15, 0.2) is 16.6 Å². The van der Waals surface area contributed by atoms with E-state index in [1.165, 1.54) is 26.2 Å². The number of rotatable bonds is 22. The largest absolute Gasteiger partial charge is 0.458 e. The fourth-order valence-corrected chi connectivity index (χ4v) is 10.7. The summed E-state index contributed by atoms with van der Waals surface area (Å²) in [7, 11) is -3.66. The van der Waals surface area contributed by atoms with Gasteiger partial charge in [-0.15, -0.1) is 0 Å². The van der Waals surface area contributed by atoms with E-state index in [0.29, 0.717) is 0 Å². The summed E-state index contributed by atoms with van der Waals surface area (Å²) in [6.45, 7) is 19.8. The number of carbonyl (C=O) groups excluding carboxylic acids is 1. The molecule has 0 aromatic rings. The van der Waals surface area contributed by atoms with Gasteiger partial charge < -0.3 is 13.6 Å². The van der Waals surface area contributed by atoms with Crippen molar-refractivity contribution in [3.63, 3.8) is 0 Å². The Hall–Kier alpha value is -0.436. The van der Waals surface area contributed by atoms with Crippen LogP contribution in [0.5, 0.6) is 0 Å². The van der Waals surface area contributed by atoms with Crippen molar-refractivity contribution >= 4 is 22.6 Å². The first-order valence-corrected chi connectivity index (χ1v) is 20.0. The van der Waals surface area contributed by atoms with Gasteiger partial charge in [0, 0.05) is 6.92 Å². The average Bonchev–Trinajstić information content (AvgIpc) is 2.87. The van der Waals surface area contributed by atoms with Crippen LogP contribution in [0.1, 0.15) is 114 Å². The van der Waals surface area contributed by atoms with Crippen molar-refractivity contribution in [2.24, 2.45) is 0 Å². The van der Waals surface area contributed by atoms with Crippen LogP contribution < -0.4 is 0 Å². The number of esters is 1. The first-order valence-electron chi connectivity index (χ1n) is 15.0. The van der Waals surface area contributed by atoms with Crippen molar-refractivity contribution in [2.45, 2.75) is 168 Å². The molecule has 35 heavy (non-hydrogen) atoms. The number of hydrogen-bond donors (Lipinski definition) is 0. The van der Waals surface area contributed by atoms with Crippen molar-refractivity contribution in [3.8, 4) is 0 Å². The molecule has 0 amide bonds. The maximum atomic E-state index is 11.8. The Balaban J connectivity index is 6.22. The molecule has 3 atom stereocenters. The normalized spacial score (nSPS) is 15.3. The van der Waals surface area contributed by atoms with Gasteiger partial charge in [0.2, 0.25) is 0 Å². The number of carbonyl (C=O) groups is 1. The molecule has 4 nitrogen and oxygen atoms in total. The highest BCUT2D eigenvalue weighted by molar-refractivity contribution is 6.74. The van der Waals surface area contributed by atoms with E-state index >= 15 is 0 Å². The molecule has 0 saturated carbocycles. The van der Waals surface area contributed by atoms with Gasteiger partial charge in [0.1, 0.15) is 6.10 Å². The zero-order valence-electron chi connectivity index (χ0n) is 24.9. The van der Waals surface area contributed by atoms with Crippen molar-refractivity contribution in [1.82, 2.24) is 0 Å². The topological polar surface area (TPSA) is 44.8 Å². The van der Waals surface area contributed by atoms with Gasteiger partial charge in [-0.25, -0.2) is 0 Å². The van der Waals surface area contributed by atoms with E-state index in [1.54, 1.807) is 0 Å². The predicted molar refractivity (Wildman–Crippen MR) is 157 cm³/mol. The van der Waals surface area contributed by atoms with Gasteiger partial charge in [-0.1, -0.05) is 93.6 Å². The zero-order chi connectivity index (χ0) is 26.7. The van der Waals surface area contributed by atoms with E-state index in [0.717, 1.165) is 68.4 Å². The first-order chi connectivity index (χ1) is 16.7. The van der Waals surface area contributed by atoms with Crippen molar-refractivity contribution in [3.05, 3.63) is 12.2 Å². The molecule has 0 aromatic carbocycles. The summed E-state index contributed by atoms with van der Waals surface area (Å²) in [6, 6.07) is 6.79. The molecule has 0 fully saturated rings. The summed E-state index contributed by atoms with van der Waals surface area (Å²) >= 11 is 0. The van der Waals surface area contributed by atoms with Crippen LogP contribution in [0.2, 0.25) is 36.3 Å². The molecule has 0 heterocycles. The summed E-state index contributed by atoms with van der Waals surface area (Å²) in [6.07, 6.45) is 13.0. The minimum absolute atomic E-state index is 0.0702. The maximum Gasteiger partial charge on any atom is 0.303 e. The average molecular weight is 529 g/mol. The van der Waals surface area contributed by atoms with Crippen LogP contribution in [0.4, 0.5) is 0 Å². The highest BCUT2D eigenvalue weighted by Gasteiger charge is 2.38.